The lowest BCUT2D eigenvalue weighted by atomic mass is 10.1. The Bertz CT molecular complexity index is 472. The van der Waals surface area contributed by atoms with Crippen LogP contribution in [-0.2, 0) is 16.1 Å². The average Bonchev–Trinajstić information content (AvgIpc) is 2.35. The van der Waals surface area contributed by atoms with Crippen LogP contribution in [0.5, 0.6) is 5.75 Å². The van der Waals surface area contributed by atoms with Crippen LogP contribution in [0, 0.1) is 6.92 Å². The number of carboxylic acid groups (broad SMARTS) is 1. The summed E-state index contributed by atoms with van der Waals surface area (Å²) < 4.78 is 10.1. The van der Waals surface area contributed by atoms with Crippen molar-refractivity contribution in [3.05, 3.63) is 29.3 Å². The molecule has 0 aliphatic rings. The van der Waals surface area contributed by atoms with Gasteiger partial charge in [0.15, 0.2) is 0 Å². The van der Waals surface area contributed by atoms with E-state index in [0.717, 1.165) is 21.8 Å². The monoisotopic (exact) mass is 267 g/mol. The highest BCUT2D eigenvalue weighted by Gasteiger charge is 2.13. The maximum Gasteiger partial charge on any atom is 0.410 e. The number of amides is 1. The molecule has 0 aliphatic heterocycles. The fourth-order valence-electron chi connectivity index (χ4n) is 1.55. The minimum atomic E-state index is -1.08. The van der Waals surface area contributed by atoms with E-state index in [1.165, 1.54) is 7.05 Å². The molecule has 0 spiro atoms. The van der Waals surface area contributed by atoms with Crippen molar-refractivity contribution >= 4 is 12.1 Å². The molecule has 0 aromatic heterocycles. The number of hydrogen-bond donors (Lipinski definition) is 1. The van der Waals surface area contributed by atoms with Gasteiger partial charge in [0.05, 0.1) is 7.11 Å². The normalized spacial score (nSPS) is 9.84. The second kappa shape index (κ2) is 6.63. The van der Waals surface area contributed by atoms with Crippen LogP contribution in [0.1, 0.15) is 11.1 Å². The van der Waals surface area contributed by atoms with Crippen LogP contribution in [0.4, 0.5) is 4.79 Å². The maximum atomic E-state index is 11.5. The zero-order chi connectivity index (χ0) is 14.4. The summed E-state index contributed by atoms with van der Waals surface area (Å²) in [6.07, 6.45) is -0.670. The number of methoxy groups -OCH3 is 1. The molecule has 1 rings (SSSR count). The van der Waals surface area contributed by atoms with Gasteiger partial charge >= 0.3 is 12.1 Å². The molecule has 6 nitrogen and oxygen atoms in total. The predicted molar refractivity (Wildman–Crippen MR) is 68.2 cm³/mol. The van der Waals surface area contributed by atoms with Crippen LogP contribution in [0.3, 0.4) is 0 Å². The Morgan fingerprint density at radius 2 is 2.05 bits per heavy atom. The molecule has 0 radical (unpaired) electrons. The van der Waals surface area contributed by atoms with E-state index in [2.05, 4.69) is 0 Å². The van der Waals surface area contributed by atoms with Gasteiger partial charge in [-0.3, -0.25) is 4.79 Å². The number of nitrogens with zero attached hydrogens (tertiary/aromatic N) is 1. The largest absolute Gasteiger partial charge is 0.496 e. The van der Waals surface area contributed by atoms with Gasteiger partial charge in [-0.25, -0.2) is 4.79 Å². The lowest BCUT2D eigenvalue weighted by Gasteiger charge is -2.15. The molecule has 1 N–H and O–H groups in total. The van der Waals surface area contributed by atoms with Gasteiger partial charge in [-0.15, -0.1) is 0 Å². The van der Waals surface area contributed by atoms with Crippen LogP contribution < -0.4 is 4.74 Å². The molecule has 1 aromatic carbocycles. The summed E-state index contributed by atoms with van der Waals surface area (Å²) in [4.78, 5) is 22.9. The standard InChI is InChI=1S/C13H17NO5/c1-9-6-10(4-5-11(9)18-3)8-19-13(17)14(2)7-12(15)16/h4-6H,7-8H2,1-3H3,(H,15,16). The smallest absolute Gasteiger partial charge is 0.410 e. The minimum absolute atomic E-state index is 0.0909. The third-order valence-corrected chi connectivity index (χ3v) is 2.51. The number of rotatable bonds is 5. The van der Waals surface area contributed by atoms with Gasteiger partial charge in [0, 0.05) is 7.05 Å². The summed E-state index contributed by atoms with van der Waals surface area (Å²) in [7, 11) is 2.96. The molecule has 104 valence electrons. The Hall–Kier alpha value is -2.24. The van der Waals surface area contributed by atoms with Gasteiger partial charge in [-0.05, 0) is 30.2 Å². The summed E-state index contributed by atoms with van der Waals surface area (Å²) in [5.41, 5.74) is 1.75. The van der Waals surface area contributed by atoms with E-state index in [1.807, 2.05) is 13.0 Å². The first kappa shape index (κ1) is 14.8. The second-order valence-corrected chi connectivity index (χ2v) is 4.11. The van der Waals surface area contributed by atoms with E-state index in [4.69, 9.17) is 14.6 Å². The number of aliphatic carboxylic acids is 1. The topological polar surface area (TPSA) is 76.1 Å². The van der Waals surface area contributed by atoms with Crippen molar-refractivity contribution < 1.29 is 24.2 Å². The summed E-state index contributed by atoms with van der Waals surface area (Å²) in [6, 6.07) is 5.43. The highest BCUT2D eigenvalue weighted by atomic mass is 16.6. The van der Waals surface area contributed by atoms with E-state index in [9.17, 15) is 9.59 Å². The molecule has 1 aromatic rings. The number of carboxylic acids is 1. The van der Waals surface area contributed by atoms with Crippen LogP contribution in [0.2, 0.25) is 0 Å². The van der Waals surface area contributed by atoms with Crippen molar-refractivity contribution in [3.8, 4) is 5.75 Å². The van der Waals surface area contributed by atoms with E-state index in [-0.39, 0.29) is 13.2 Å². The fraction of sp³-hybridized carbons (Fsp3) is 0.385. The molecule has 1 amide bonds. The fourth-order valence-corrected chi connectivity index (χ4v) is 1.55. The molecule has 0 atom stereocenters. The number of likely N-dealkylation sites (N-methyl/N-ethyl adjacent to an activating group) is 1. The first-order valence-electron chi connectivity index (χ1n) is 5.67. The van der Waals surface area contributed by atoms with Gasteiger partial charge in [0.25, 0.3) is 0 Å². The molecule has 0 bridgehead atoms. The number of carbonyl (C=O) groups excluding carboxylic acids is 1. The summed E-state index contributed by atoms with van der Waals surface area (Å²) in [5.74, 6) is -0.321. The van der Waals surface area contributed by atoms with Crippen LogP contribution in [-0.4, -0.2) is 42.8 Å². The lowest BCUT2D eigenvalue weighted by Crippen LogP contribution is -2.32. The van der Waals surface area contributed by atoms with Crippen molar-refractivity contribution in [1.82, 2.24) is 4.90 Å². The van der Waals surface area contributed by atoms with Gasteiger partial charge in [-0.1, -0.05) is 6.07 Å². The van der Waals surface area contributed by atoms with Gasteiger partial charge in [-0.2, -0.15) is 0 Å². The Morgan fingerprint density at radius 3 is 2.58 bits per heavy atom. The predicted octanol–water partition coefficient (Wildman–Crippen LogP) is 1.66. The number of hydrogen-bond acceptors (Lipinski definition) is 4. The van der Waals surface area contributed by atoms with Gasteiger partial charge < -0.3 is 19.5 Å². The Morgan fingerprint density at radius 1 is 1.37 bits per heavy atom. The minimum Gasteiger partial charge on any atom is -0.496 e. The molecule has 6 heteroatoms. The van der Waals surface area contributed by atoms with E-state index in [1.54, 1.807) is 19.2 Å². The Labute approximate surface area is 111 Å². The average molecular weight is 267 g/mol. The van der Waals surface area contributed by atoms with Crippen molar-refractivity contribution in [3.63, 3.8) is 0 Å². The molecular weight excluding hydrogens is 250 g/mol. The number of carbonyl (C=O) groups is 2. The molecule has 0 saturated heterocycles. The van der Waals surface area contributed by atoms with Gasteiger partial charge in [0.1, 0.15) is 18.9 Å². The number of aryl methyl sites for hydroxylation is 1. The van der Waals surface area contributed by atoms with E-state index < -0.39 is 12.1 Å². The SMILES string of the molecule is COc1ccc(COC(=O)N(C)CC(=O)O)cc1C. The summed E-state index contributed by atoms with van der Waals surface area (Å²) >= 11 is 0. The molecule has 0 saturated carbocycles. The molecular formula is C13H17NO5. The third kappa shape index (κ3) is 4.50. The van der Waals surface area contributed by atoms with Crippen molar-refractivity contribution in [2.45, 2.75) is 13.5 Å². The van der Waals surface area contributed by atoms with E-state index in [0.29, 0.717) is 0 Å². The number of benzene rings is 1. The molecule has 0 heterocycles. The van der Waals surface area contributed by atoms with Crippen molar-refractivity contribution in [1.29, 1.82) is 0 Å². The highest BCUT2D eigenvalue weighted by Crippen LogP contribution is 2.18. The molecule has 0 aliphatic carbocycles. The summed E-state index contributed by atoms with van der Waals surface area (Å²) in [5, 5.41) is 8.55. The van der Waals surface area contributed by atoms with Crippen molar-refractivity contribution in [2.75, 3.05) is 20.7 Å². The highest BCUT2D eigenvalue weighted by molar-refractivity contribution is 5.76. The summed E-state index contributed by atoms with van der Waals surface area (Å²) in [6.45, 7) is 1.59. The molecule has 19 heavy (non-hydrogen) atoms. The zero-order valence-corrected chi connectivity index (χ0v) is 11.2. The second-order valence-electron chi connectivity index (χ2n) is 4.11. The molecule has 0 unspecified atom stereocenters. The molecule has 0 fully saturated rings. The quantitative estimate of drug-likeness (QED) is 0.878. The first-order chi connectivity index (χ1) is 8.93. The first-order valence-corrected chi connectivity index (χ1v) is 5.67. The Balaban J connectivity index is 2.55. The zero-order valence-electron chi connectivity index (χ0n) is 11.2. The third-order valence-electron chi connectivity index (χ3n) is 2.51. The van der Waals surface area contributed by atoms with Crippen LogP contribution in [0.25, 0.3) is 0 Å². The number of ether oxygens (including phenoxy) is 2. The Kier molecular flexibility index (Phi) is 5.17. The van der Waals surface area contributed by atoms with E-state index >= 15 is 0 Å². The van der Waals surface area contributed by atoms with Crippen LogP contribution in [0.15, 0.2) is 18.2 Å². The van der Waals surface area contributed by atoms with Crippen LogP contribution >= 0.6 is 0 Å². The van der Waals surface area contributed by atoms with Gasteiger partial charge in [0.2, 0.25) is 0 Å². The maximum absolute atomic E-state index is 11.5. The lowest BCUT2D eigenvalue weighted by molar-refractivity contribution is -0.137. The van der Waals surface area contributed by atoms with Crippen molar-refractivity contribution in [2.24, 2.45) is 0 Å².